The van der Waals surface area contributed by atoms with E-state index < -0.39 is 29.6 Å². The summed E-state index contributed by atoms with van der Waals surface area (Å²) in [6.07, 6.45) is 1.60. The number of aromatic nitrogens is 3. The predicted molar refractivity (Wildman–Crippen MR) is 144 cm³/mol. The number of esters is 1. The molecule has 2 amide bonds. The van der Waals surface area contributed by atoms with Gasteiger partial charge in [-0.05, 0) is 66.9 Å². The molecular weight excluding hydrogens is 517 g/mol. The van der Waals surface area contributed by atoms with Crippen LogP contribution in [0, 0.1) is 5.82 Å². The molecule has 10 nitrogen and oxygen atoms in total. The van der Waals surface area contributed by atoms with Crippen molar-refractivity contribution in [3.05, 3.63) is 89.7 Å². The Morgan fingerprint density at radius 1 is 1.10 bits per heavy atom. The van der Waals surface area contributed by atoms with Crippen LogP contribution in [-0.4, -0.2) is 59.1 Å². The number of nitrogens with one attached hydrogen (secondary N) is 1. The van der Waals surface area contributed by atoms with Gasteiger partial charge in [0, 0.05) is 18.8 Å². The lowest BCUT2D eigenvalue weighted by Crippen LogP contribution is -2.46. The molecular formula is C29H28FN5O5. The average Bonchev–Trinajstić information content (AvgIpc) is 3.65. The van der Waals surface area contributed by atoms with E-state index in [-0.39, 0.29) is 24.8 Å². The van der Waals surface area contributed by atoms with Crippen molar-refractivity contribution in [2.45, 2.75) is 31.5 Å². The number of rotatable bonds is 9. The van der Waals surface area contributed by atoms with E-state index in [1.165, 1.54) is 53.1 Å². The molecule has 5 rings (SSSR count). The molecule has 1 N–H and O–H groups in total. The minimum Gasteiger partial charge on any atom is -0.465 e. The van der Waals surface area contributed by atoms with Gasteiger partial charge in [-0.1, -0.05) is 29.5 Å². The van der Waals surface area contributed by atoms with Crippen molar-refractivity contribution in [1.82, 2.24) is 20.3 Å². The summed E-state index contributed by atoms with van der Waals surface area (Å²) < 4.78 is 25.8. The van der Waals surface area contributed by atoms with Crippen molar-refractivity contribution in [3.63, 3.8) is 0 Å². The largest absolute Gasteiger partial charge is 0.465 e. The highest BCUT2D eigenvalue weighted by Crippen LogP contribution is 2.30. The van der Waals surface area contributed by atoms with E-state index in [0.29, 0.717) is 28.9 Å². The standard InChI is InChI=1S/C29H28FN5O5/c1-39-29(38)20-10-14-22(15-11-20)35(26(36)18-34-25-7-3-2-6-24(25)32-33-34)27(19-8-12-21(30)13-9-19)28(37)31-17-23-5-4-16-40-23/h2-3,6-15,23,27H,4-5,16-18H2,1H3,(H,31,37). The Hall–Kier alpha value is -4.64. The number of ether oxygens (including phenoxy) is 2. The number of para-hydroxylation sites is 1. The Bertz CT molecular complexity index is 1500. The second-order valence-electron chi connectivity index (χ2n) is 9.37. The zero-order chi connectivity index (χ0) is 28.1. The van der Waals surface area contributed by atoms with Gasteiger partial charge < -0.3 is 14.8 Å². The molecule has 1 fully saturated rings. The third-order valence-electron chi connectivity index (χ3n) is 6.76. The number of carbonyl (C=O) groups excluding carboxylic acids is 3. The van der Waals surface area contributed by atoms with Crippen LogP contribution in [0.5, 0.6) is 0 Å². The van der Waals surface area contributed by atoms with Crippen molar-refractivity contribution >= 4 is 34.5 Å². The summed E-state index contributed by atoms with van der Waals surface area (Å²) in [7, 11) is 1.28. The number of fused-ring (bicyclic) bond motifs is 1. The maximum atomic E-state index is 14.0. The molecule has 11 heteroatoms. The monoisotopic (exact) mass is 545 g/mol. The van der Waals surface area contributed by atoms with Gasteiger partial charge in [0.2, 0.25) is 11.8 Å². The van der Waals surface area contributed by atoms with Gasteiger partial charge in [-0.15, -0.1) is 5.10 Å². The Labute approximate surface area is 229 Å². The molecule has 3 aromatic carbocycles. The fourth-order valence-electron chi connectivity index (χ4n) is 4.73. The van der Waals surface area contributed by atoms with E-state index in [1.54, 1.807) is 24.3 Å². The van der Waals surface area contributed by atoms with Crippen molar-refractivity contribution < 1.29 is 28.2 Å². The maximum Gasteiger partial charge on any atom is 0.337 e. The molecule has 2 atom stereocenters. The Kier molecular flexibility index (Phi) is 8.11. The maximum absolute atomic E-state index is 14.0. The molecule has 4 aromatic rings. The normalized spacial score (nSPS) is 15.5. The summed E-state index contributed by atoms with van der Waals surface area (Å²) in [6, 6.07) is 17.6. The molecule has 0 bridgehead atoms. The second kappa shape index (κ2) is 12.0. The quantitative estimate of drug-likeness (QED) is 0.321. The minimum atomic E-state index is -1.16. The number of benzene rings is 3. The van der Waals surface area contributed by atoms with Gasteiger partial charge >= 0.3 is 5.97 Å². The molecule has 0 spiro atoms. The lowest BCUT2D eigenvalue weighted by Gasteiger charge is -2.32. The SMILES string of the molecule is COC(=O)c1ccc(N(C(=O)Cn2nnc3ccccc32)C(C(=O)NCC2CCCO2)c2ccc(F)cc2)cc1. The zero-order valence-corrected chi connectivity index (χ0v) is 21.8. The third-order valence-corrected chi connectivity index (χ3v) is 6.76. The number of methoxy groups -OCH3 is 1. The van der Waals surface area contributed by atoms with E-state index in [4.69, 9.17) is 9.47 Å². The van der Waals surface area contributed by atoms with Crippen LogP contribution in [0.15, 0.2) is 72.8 Å². The van der Waals surface area contributed by atoms with Crippen molar-refractivity contribution in [1.29, 1.82) is 0 Å². The van der Waals surface area contributed by atoms with Crippen molar-refractivity contribution in [2.24, 2.45) is 0 Å². The highest BCUT2D eigenvalue weighted by Gasteiger charge is 2.34. The number of nitrogens with zero attached hydrogens (tertiary/aromatic N) is 4. The van der Waals surface area contributed by atoms with Gasteiger partial charge in [0.1, 0.15) is 23.9 Å². The van der Waals surface area contributed by atoms with E-state index in [1.807, 2.05) is 12.1 Å². The van der Waals surface area contributed by atoms with Gasteiger partial charge in [0.05, 0.1) is 24.3 Å². The number of hydrogen-bond acceptors (Lipinski definition) is 7. The molecule has 1 aliphatic heterocycles. The number of anilines is 1. The summed E-state index contributed by atoms with van der Waals surface area (Å²) in [6.45, 7) is 0.675. The van der Waals surface area contributed by atoms with Crippen LogP contribution >= 0.6 is 0 Å². The number of carbonyl (C=O) groups is 3. The highest BCUT2D eigenvalue weighted by atomic mass is 19.1. The molecule has 40 heavy (non-hydrogen) atoms. The smallest absolute Gasteiger partial charge is 0.337 e. The first-order valence-electron chi connectivity index (χ1n) is 12.9. The average molecular weight is 546 g/mol. The zero-order valence-electron chi connectivity index (χ0n) is 21.8. The van der Waals surface area contributed by atoms with Crippen LogP contribution in [0.3, 0.4) is 0 Å². The van der Waals surface area contributed by atoms with Gasteiger partial charge in [0.25, 0.3) is 0 Å². The summed E-state index contributed by atoms with van der Waals surface area (Å²) in [5, 5.41) is 11.2. The first-order chi connectivity index (χ1) is 19.4. The second-order valence-corrected chi connectivity index (χ2v) is 9.37. The number of halogens is 1. The van der Waals surface area contributed by atoms with Crippen LogP contribution in [0.4, 0.5) is 10.1 Å². The van der Waals surface area contributed by atoms with Crippen LogP contribution < -0.4 is 10.2 Å². The summed E-state index contributed by atoms with van der Waals surface area (Å²) >= 11 is 0. The highest BCUT2D eigenvalue weighted by molar-refractivity contribution is 6.02. The van der Waals surface area contributed by atoms with Crippen LogP contribution in [0.25, 0.3) is 11.0 Å². The lowest BCUT2D eigenvalue weighted by atomic mass is 10.0. The fraction of sp³-hybridized carbons (Fsp3) is 0.276. The van der Waals surface area contributed by atoms with E-state index in [9.17, 15) is 18.8 Å². The lowest BCUT2D eigenvalue weighted by molar-refractivity contribution is -0.127. The molecule has 1 aromatic heterocycles. The molecule has 0 saturated carbocycles. The van der Waals surface area contributed by atoms with Crippen LogP contribution in [0.2, 0.25) is 0 Å². The summed E-state index contributed by atoms with van der Waals surface area (Å²) in [4.78, 5) is 41.2. The molecule has 1 saturated heterocycles. The molecule has 2 unspecified atom stereocenters. The Morgan fingerprint density at radius 3 is 2.55 bits per heavy atom. The molecule has 0 radical (unpaired) electrons. The Balaban J connectivity index is 1.54. The van der Waals surface area contributed by atoms with Gasteiger partial charge in [-0.3, -0.25) is 14.5 Å². The molecule has 206 valence electrons. The van der Waals surface area contributed by atoms with Gasteiger partial charge in [-0.2, -0.15) is 0 Å². The predicted octanol–water partition coefficient (Wildman–Crippen LogP) is 3.43. The van der Waals surface area contributed by atoms with Gasteiger partial charge in [-0.25, -0.2) is 13.9 Å². The molecule has 0 aliphatic carbocycles. The third kappa shape index (κ3) is 5.84. The number of hydrogen-bond donors (Lipinski definition) is 1. The van der Waals surface area contributed by atoms with Crippen molar-refractivity contribution in [2.75, 3.05) is 25.2 Å². The molecule has 1 aliphatic rings. The van der Waals surface area contributed by atoms with E-state index >= 15 is 0 Å². The number of amides is 2. The topological polar surface area (TPSA) is 116 Å². The first-order valence-corrected chi connectivity index (χ1v) is 12.9. The van der Waals surface area contributed by atoms with Crippen LogP contribution in [-0.2, 0) is 25.6 Å². The van der Waals surface area contributed by atoms with Gasteiger partial charge in [0.15, 0.2) is 0 Å². The summed E-state index contributed by atoms with van der Waals surface area (Å²) in [5.41, 5.74) is 2.30. The van der Waals surface area contributed by atoms with Crippen LogP contribution in [0.1, 0.15) is 34.8 Å². The van der Waals surface area contributed by atoms with Crippen molar-refractivity contribution in [3.8, 4) is 0 Å². The first kappa shape index (κ1) is 26.9. The Morgan fingerprint density at radius 2 is 1.85 bits per heavy atom. The van der Waals surface area contributed by atoms with E-state index in [0.717, 1.165) is 12.8 Å². The fourth-order valence-corrected chi connectivity index (χ4v) is 4.73. The van der Waals surface area contributed by atoms with E-state index in [2.05, 4.69) is 15.6 Å². The molecule has 2 heterocycles. The summed E-state index contributed by atoms with van der Waals surface area (Å²) in [5.74, 6) is -1.95. The minimum absolute atomic E-state index is 0.122.